The molecule has 0 aliphatic heterocycles. The van der Waals surface area contributed by atoms with E-state index >= 15 is 0 Å². The molecule has 2 bridgehead atoms. The van der Waals surface area contributed by atoms with Crippen LogP contribution in [0.2, 0.25) is 0 Å². The molecule has 0 spiro atoms. The summed E-state index contributed by atoms with van der Waals surface area (Å²) in [5, 5.41) is 4.42. The van der Waals surface area contributed by atoms with Gasteiger partial charge in [-0.2, -0.15) is 0 Å². The lowest BCUT2D eigenvalue weighted by Gasteiger charge is -2.27. The third-order valence-corrected chi connectivity index (χ3v) is 6.25. The van der Waals surface area contributed by atoms with Gasteiger partial charge < -0.3 is 16.0 Å². The summed E-state index contributed by atoms with van der Waals surface area (Å²) >= 11 is 0. The number of hydrogen-bond donors (Lipinski definition) is 3. The molecule has 1 aromatic carbocycles. The van der Waals surface area contributed by atoms with E-state index in [-0.39, 0.29) is 17.9 Å². The van der Waals surface area contributed by atoms with E-state index in [2.05, 4.69) is 41.6 Å². The van der Waals surface area contributed by atoms with Gasteiger partial charge in [0.05, 0.1) is 5.92 Å². The molecule has 2 fully saturated rings. The number of benzene rings is 1. The number of nitrogens with two attached hydrogens (primary N) is 1. The molecule has 0 saturated heterocycles. The Morgan fingerprint density at radius 1 is 1.29 bits per heavy atom. The molecule has 2 aromatic rings. The van der Waals surface area contributed by atoms with E-state index in [0.717, 1.165) is 19.3 Å². The molecule has 2 saturated carbocycles. The molecule has 1 amide bonds. The smallest absolute Gasteiger partial charge is 0.224 e. The minimum atomic E-state index is 0.0402. The van der Waals surface area contributed by atoms with E-state index in [1.165, 1.54) is 34.9 Å². The molecule has 24 heavy (non-hydrogen) atoms. The van der Waals surface area contributed by atoms with E-state index in [0.29, 0.717) is 18.4 Å². The third-order valence-electron chi connectivity index (χ3n) is 6.25. The first-order valence-electron chi connectivity index (χ1n) is 9.30. The van der Waals surface area contributed by atoms with Gasteiger partial charge in [0.2, 0.25) is 5.91 Å². The third kappa shape index (κ3) is 2.53. The fraction of sp³-hybridized carbons (Fsp3) is 0.550. The van der Waals surface area contributed by atoms with Crippen molar-refractivity contribution in [3.8, 4) is 0 Å². The van der Waals surface area contributed by atoms with Crippen LogP contribution in [-0.2, 0) is 17.6 Å². The van der Waals surface area contributed by atoms with Crippen LogP contribution in [0.25, 0.3) is 10.9 Å². The first kappa shape index (κ1) is 15.7. The highest BCUT2D eigenvalue weighted by molar-refractivity contribution is 5.86. The van der Waals surface area contributed by atoms with Crippen LogP contribution in [-0.4, -0.2) is 23.5 Å². The summed E-state index contributed by atoms with van der Waals surface area (Å²) in [5.41, 5.74) is 10.1. The fourth-order valence-electron chi connectivity index (χ4n) is 4.94. The van der Waals surface area contributed by atoms with Crippen LogP contribution in [0.5, 0.6) is 0 Å². The Morgan fingerprint density at radius 3 is 2.88 bits per heavy atom. The number of fused-ring (bicyclic) bond motifs is 3. The minimum Gasteiger partial charge on any atom is -0.361 e. The number of hydrogen-bond acceptors (Lipinski definition) is 2. The van der Waals surface area contributed by atoms with E-state index in [4.69, 9.17) is 5.73 Å². The number of aromatic amines is 1. The molecule has 1 heterocycles. The summed E-state index contributed by atoms with van der Waals surface area (Å²) in [5.74, 6) is 1.30. The van der Waals surface area contributed by atoms with Crippen molar-refractivity contribution >= 4 is 16.8 Å². The van der Waals surface area contributed by atoms with Gasteiger partial charge in [-0.25, -0.2) is 0 Å². The summed E-state index contributed by atoms with van der Waals surface area (Å²) in [7, 11) is 0. The normalized spacial score (nSPS) is 28.6. The Kier molecular flexibility index (Phi) is 4.09. The predicted molar refractivity (Wildman–Crippen MR) is 96.7 cm³/mol. The van der Waals surface area contributed by atoms with Crippen LogP contribution in [0.4, 0.5) is 0 Å². The zero-order chi connectivity index (χ0) is 16.7. The minimum absolute atomic E-state index is 0.0402. The maximum absolute atomic E-state index is 12.5. The number of amides is 1. The molecule has 4 rings (SSSR count). The standard InChI is InChI=1S/C20H27N3O/c1-2-12-4-3-5-16-15(11-23-19(12)16)8-9-22-20(24)17-13-6-7-14(10-13)18(17)21/h3-5,11,13-14,17-18,23H,2,6-10,21H2,1H3,(H,22,24). The second-order valence-electron chi connectivity index (χ2n) is 7.48. The van der Waals surface area contributed by atoms with Gasteiger partial charge in [0.25, 0.3) is 0 Å². The molecule has 2 aliphatic rings. The molecule has 4 N–H and O–H groups in total. The first-order valence-corrected chi connectivity index (χ1v) is 9.30. The number of rotatable bonds is 5. The highest BCUT2D eigenvalue weighted by Gasteiger charge is 2.48. The van der Waals surface area contributed by atoms with Gasteiger partial charge in [0.1, 0.15) is 0 Å². The molecule has 4 heteroatoms. The molecule has 1 aromatic heterocycles. The molecule has 4 nitrogen and oxygen atoms in total. The number of para-hydroxylation sites is 1. The zero-order valence-electron chi connectivity index (χ0n) is 14.3. The van der Waals surface area contributed by atoms with Crippen molar-refractivity contribution in [2.45, 2.75) is 45.1 Å². The van der Waals surface area contributed by atoms with Crippen LogP contribution in [0.1, 0.15) is 37.3 Å². The SMILES string of the molecule is CCc1cccc2c(CCNC(=O)C3C4CCC(C4)C3N)c[nH]c12. The second kappa shape index (κ2) is 6.25. The molecule has 4 unspecified atom stereocenters. The van der Waals surface area contributed by atoms with Crippen molar-refractivity contribution in [1.29, 1.82) is 0 Å². The van der Waals surface area contributed by atoms with Crippen molar-refractivity contribution in [1.82, 2.24) is 10.3 Å². The van der Waals surface area contributed by atoms with Crippen molar-refractivity contribution < 1.29 is 4.79 Å². The molecule has 128 valence electrons. The summed E-state index contributed by atoms with van der Waals surface area (Å²) in [4.78, 5) is 15.9. The monoisotopic (exact) mass is 325 g/mol. The average Bonchev–Trinajstić information content (AvgIpc) is 3.29. The van der Waals surface area contributed by atoms with Crippen molar-refractivity contribution in [2.75, 3.05) is 6.54 Å². The van der Waals surface area contributed by atoms with Gasteiger partial charge in [-0.05, 0) is 55.1 Å². The number of nitrogens with one attached hydrogen (secondary N) is 2. The second-order valence-corrected chi connectivity index (χ2v) is 7.48. The van der Waals surface area contributed by atoms with Crippen LogP contribution < -0.4 is 11.1 Å². The maximum Gasteiger partial charge on any atom is 0.224 e. The van der Waals surface area contributed by atoms with Crippen LogP contribution in [0.15, 0.2) is 24.4 Å². The van der Waals surface area contributed by atoms with Gasteiger partial charge in [0.15, 0.2) is 0 Å². The first-order chi connectivity index (χ1) is 11.7. The summed E-state index contributed by atoms with van der Waals surface area (Å²) in [6.45, 7) is 2.86. The number of carbonyl (C=O) groups is 1. The van der Waals surface area contributed by atoms with Gasteiger partial charge >= 0.3 is 0 Å². The quantitative estimate of drug-likeness (QED) is 0.791. The van der Waals surface area contributed by atoms with Gasteiger partial charge in [0, 0.05) is 29.7 Å². The lowest BCUT2D eigenvalue weighted by atomic mass is 9.84. The van der Waals surface area contributed by atoms with Gasteiger partial charge in [-0.3, -0.25) is 4.79 Å². The van der Waals surface area contributed by atoms with Crippen molar-refractivity contribution in [3.05, 3.63) is 35.5 Å². The van der Waals surface area contributed by atoms with Gasteiger partial charge in [-0.1, -0.05) is 25.1 Å². The number of aromatic nitrogens is 1. The summed E-state index contributed by atoms with van der Waals surface area (Å²) in [6, 6.07) is 6.52. The maximum atomic E-state index is 12.5. The number of H-pyrrole nitrogens is 1. The van der Waals surface area contributed by atoms with Crippen LogP contribution in [0.3, 0.4) is 0 Å². The number of carbonyl (C=O) groups excluding carboxylic acids is 1. The predicted octanol–water partition coefficient (Wildman–Crippen LogP) is 2.76. The Bertz CT molecular complexity index is 748. The van der Waals surface area contributed by atoms with Crippen LogP contribution in [0, 0.1) is 17.8 Å². The Labute approximate surface area is 143 Å². The molecule has 4 atom stereocenters. The lowest BCUT2D eigenvalue weighted by molar-refractivity contribution is -0.127. The highest BCUT2D eigenvalue weighted by atomic mass is 16.1. The Hall–Kier alpha value is -1.81. The van der Waals surface area contributed by atoms with Gasteiger partial charge in [-0.15, -0.1) is 0 Å². The average molecular weight is 325 g/mol. The van der Waals surface area contributed by atoms with E-state index in [1.807, 2.05) is 0 Å². The molecular weight excluding hydrogens is 298 g/mol. The molecule has 0 radical (unpaired) electrons. The lowest BCUT2D eigenvalue weighted by Crippen LogP contribution is -2.45. The topological polar surface area (TPSA) is 70.9 Å². The zero-order valence-corrected chi connectivity index (χ0v) is 14.3. The number of aryl methyl sites for hydroxylation is 1. The largest absolute Gasteiger partial charge is 0.361 e. The molecular formula is C20H27N3O. The van der Waals surface area contributed by atoms with Crippen LogP contribution >= 0.6 is 0 Å². The Morgan fingerprint density at radius 2 is 2.12 bits per heavy atom. The summed E-state index contributed by atoms with van der Waals surface area (Å²) in [6.07, 6.45) is 7.51. The fourth-order valence-corrected chi connectivity index (χ4v) is 4.94. The van der Waals surface area contributed by atoms with Crippen molar-refractivity contribution in [2.24, 2.45) is 23.5 Å². The molecule has 2 aliphatic carbocycles. The van der Waals surface area contributed by atoms with E-state index in [1.54, 1.807) is 0 Å². The van der Waals surface area contributed by atoms with E-state index < -0.39 is 0 Å². The van der Waals surface area contributed by atoms with Crippen molar-refractivity contribution in [3.63, 3.8) is 0 Å². The highest BCUT2D eigenvalue weighted by Crippen LogP contribution is 2.47. The van der Waals surface area contributed by atoms with E-state index in [9.17, 15) is 4.79 Å². The Balaban J connectivity index is 1.39. The summed E-state index contributed by atoms with van der Waals surface area (Å²) < 4.78 is 0.